The zero-order valence-electron chi connectivity index (χ0n) is 8.23. The summed E-state index contributed by atoms with van der Waals surface area (Å²) in [5, 5.41) is 8.37. The van der Waals surface area contributed by atoms with Gasteiger partial charge in [-0.3, -0.25) is 0 Å². The highest BCUT2D eigenvalue weighted by molar-refractivity contribution is 5.97. The maximum Gasteiger partial charge on any atom is 0.339 e. The van der Waals surface area contributed by atoms with E-state index in [1.807, 2.05) is 6.07 Å². The molecule has 0 aromatic heterocycles. The average molecular weight is 202 g/mol. The van der Waals surface area contributed by atoms with Crippen LogP contribution in [0.25, 0.3) is 6.08 Å². The summed E-state index contributed by atoms with van der Waals surface area (Å²) in [7, 11) is 1.29. The van der Waals surface area contributed by atoms with E-state index in [0.29, 0.717) is 16.8 Å². The van der Waals surface area contributed by atoms with Gasteiger partial charge >= 0.3 is 5.97 Å². The van der Waals surface area contributed by atoms with E-state index in [1.165, 1.54) is 13.2 Å². The van der Waals surface area contributed by atoms with E-state index in [0.717, 1.165) is 0 Å². The Kier molecular flexibility index (Phi) is 3.47. The Bertz CT molecular complexity index is 444. The molecule has 0 amide bonds. The molecule has 0 saturated heterocycles. The normalized spacial score (nSPS) is 9.87. The van der Waals surface area contributed by atoms with Gasteiger partial charge in [0.15, 0.2) is 0 Å². The number of ether oxygens (including phenoxy) is 1. The van der Waals surface area contributed by atoms with Gasteiger partial charge in [-0.25, -0.2) is 4.79 Å². The second kappa shape index (κ2) is 4.82. The highest BCUT2D eigenvalue weighted by Crippen LogP contribution is 2.19. The van der Waals surface area contributed by atoms with Crippen molar-refractivity contribution in [3.63, 3.8) is 0 Å². The number of nitrogen functional groups attached to an aromatic ring is 1. The molecular weight excluding hydrogens is 192 g/mol. The van der Waals surface area contributed by atoms with Gasteiger partial charge in [-0.15, -0.1) is 0 Å². The molecule has 0 spiro atoms. The number of para-hydroxylation sites is 1. The lowest BCUT2D eigenvalue weighted by molar-refractivity contribution is 0.0602. The van der Waals surface area contributed by atoms with Crippen LogP contribution in [0.4, 0.5) is 5.69 Å². The molecule has 2 N–H and O–H groups in total. The summed E-state index contributed by atoms with van der Waals surface area (Å²) in [5.41, 5.74) is 6.98. The van der Waals surface area contributed by atoms with Gasteiger partial charge < -0.3 is 10.5 Å². The second-order valence-corrected chi connectivity index (χ2v) is 2.76. The molecule has 4 heteroatoms. The van der Waals surface area contributed by atoms with Crippen molar-refractivity contribution in [3.8, 4) is 6.07 Å². The Balaban J connectivity index is 3.18. The molecule has 0 fully saturated rings. The van der Waals surface area contributed by atoms with Crippen LogP contribution in [0.2, 0.25) is 0 Å². The first-order valence-corrected chi connectivity index (χ1v) is 4.23. The first-order chi connectivity index (χ1) is 7.20. The fraction of sp³-hybridized carbons (Fsp3) is 0.0909. The van der Waals surface area contributed by atoms with Gasteiger partial charge in [0.1, 0.15) is 0 Å². The molecular formula is C11H10N2O2. The maximum atomic E-state index is 11.3. The van der Waals surface area contributed by atoms with E-state index >= 15 is 0 Å². The van der Waals surface area contributed by atoms with Crippen LogP contribution in [-0.2, 0) is 4.74 Å². The highest BCUT2D eigenvalue weighted by Gasteiger charge is 2.10. The van der Waals surface area contributed by atoms with Gasteiger partial charge in [0.25, 0.3) is 0 Å². The molecule has 0 atom stereocenters. The number of methoxy groups -OCH3 is 1. The van der Waals surface area contributed by atoms with Gasteiger partial charge in [-0.2, -0.15) is 5.26 Å². The summed E-state index contributed by atoms with van der Waals surface area (Å²) < 4.78 is 4.57. The summed E-state index contributed by atoms with van der Waals surface area (Å²) in [4.78, 5) is 11.3. The number of esters is 1. The topological polar surface area (TPSA) is 76.1 Å². The lowest BCUT2D eigenvalue weighted by atomic mass is 10.1. The molecule has 0 aliphatic heterocycles. The summed E-state index contributed by atoms with van der Waals surface area (Å²) in [6.07, 6.45) is 2.84. The third kappa shape index (κ3) is 2.35. The molecule has 1 aromatic rings. The van der Waals surface area contributed by atoms with Crippen LogP contribution >= 0.6 is 0 Å². The Morgan fingerprint density at radius 3 is 2.93 bits per heavy atom. The Morgan fingerprint density at radius 2 is 2.33 bits per heavy atom. The Labute approximate surface area is 87.6 Å². The minimum atomic E-state index is -0.486. The third-order valence-electron chi connectivity index (χ3n) is 1.88. The smallest absolute Gasteiger partial charge is 0.339 e. The molecule has 1 rings (SSSR count). The molecule has 0 aliphatic carbocycles. The molecule has 0 aliphatic rings. The molecule has 0 heterocycles. The standard InChI is InChI=1S/C11H10N2O2/c1-15-11(14)9-6-2-4-8(10(9)13)5-3-7-12/h2-6H,13H2,1H3. The average Bonchev–Trinajstić information content (AvgIpc) is 2.27. The third-order valence-corrected chi connectivity index (χ3v) is 1.88. The van der Waals surface area contributed by atoms with E-state index in [4.69, 9.17) is 11.0 Å². The number of anilines is 1. The SMILES string of the molecule is COC(=O)c1cccc(C=CC#N)c1N. The molecule has 0 bridgehead atoms. The van der Waals surface area contributed by atoms with Crippen LogP contribution < -0.4 is 5.73 Å². The second-order valence-electron chi connectivity index (χ2n) is 2.76. The maximum absolute atomic E-state index is 11.3. The number of hydrogen-bond donors (Lipinski definition) is 1. The predicted octanol–water partition coefficient (Wildman–Crippen LogP) is 1.59. The largest absolute Gasteiger partial charge is 0.465 e. The Morgan fingerprint density at radius 1 is 1.60 bits per heavy atom. The summed E-state index contributed by atoms with van der Waals surface area (Å²) >= 11 is 0. The first kappa shape index (κ1) is 10.8. The lowest BCUT2D eigenvalue weighted by Gasteiger charge is -2.05. The molecule has 15 heavy (non-hydrogen) atoms. The number of nitriles is 1. The lowest BCUT2D eigenvalue weighted by Crippen LogP contribution is -2.06. The van der Waals surface area contributed by atoms with E-state index in [1.54, 1.807) is 24.3 Å². The fourth-order valence-electron chi connectivity index (χ4n) is 1.14. The molecule has 0 unspecified atom stereocenters. The number of nitrogens with zero attached hydrogens (tertiary/aromatic N) is 1. The van der Waals surface area contributed by atoms with Crippen LogP contribution in [0.3, 0.4) is 0 Å². The van der Waals surface area contributed by atoms with Gasteiger partial charge in [-0.05, 0) is 17.7 Å². The molecule has 0 saturated carbocycles. The number of rotatable bonds is 2. The van der Waals surface area contributed by atoms with Gasteiger partial charge in [0.05, 0.1) is 24.4 Å². The molecule has 1 aromatic carbocycles. The van der Waals surface area contributed by atoms with Crippen molar-refractivity contribution >= 4 is 17.7 Å². The molecule has 76 valence electrons. The number of allylic oxidation sites excluding steroid dienone is 1. The van der Waals surface area contributed by atoms with Crippen LogP contribution in [0.5, 0.6) is 0 Å². The Hall–Kier alpha value is -2.28. The summed E-state index contributed by atoms with van der Waals surface area (Å²) in [6.45, 7) is 0. The van der Waals surface area contributed by atoms with Crippen molar-refractivity contribution in [2.24, 2.45) is 0 Å². The van der Waals surface area contributed by atoms with Crippen molar-refractivity contribution in [1.82, 2.24) is 0 Å². The summed E-state index contributed by atoms with van der Waals surface area (Å²) in [5.74, 6) is -0.486. The van der Waals surface area contributed by atoms with E-state index in [2.05, 4.69) is 4.74 Å². The number of nitrogens with two attached hydrogens (primary N) is 1. The minimum Gasteiger partial charge on any atom is -0.465 e. The summed E-state index contributed by atoms with van der Waals surface area (Å²) in [6, 6.07) is 6.83. The number of benzene rings is 1. The zero-order valence-corrected chi connectivity index (χ0v) is 8.23. The van der Waals surface area contributed by atoms with Crippen molar-refractivity contribution in [3.05, 3.63) is 35.4 Å². The molecule has 0 radical (unpaired) electrons. The number of carbonyl (C=O) groups excluding carboxylic acids is 1. The van der Waals surface area contributed by atoms with E-state index < -0.39 is 5.97 Å². The predicted molar refractivity (Wildman–Crippen MR) is 56.8 cm³/mol. The van der Waals surface area contributed by atoms with Crippen LogP contribution in [0.15, 0.2) is 24.3 Å². The monoisotopic (exact) mass is 202 g/mol. The van der Waals surface area contributed by atoms with Crippen LogP contribution in [0, 0.1) is 11.3 Å². The van der Waals surface area contributed by atoms with E-state index in [-0.39, 0.29) is 0 Å². The van der Waals surface area contributed by atoms with Gasteiger partial charge in [-0.1, -0.05) is 12.1 Å². The van der Waals surface area contributed by atoms with Crippen LogP contribution in [0.1, 0.15) is 15.9 Å². The quantitative estimate of drug-likeness (QED) is 0.449. The van der Waals surface area contributed by atoms with Crippen LogP contribution in [-0.4, -0.2) is 13.1 Å². The molecule has 4 nitrogen and oxygen atoms in total. The minimum absolute atomic E-state index is 0.303. The van der Waals surface area contributed by atoms with Crippen molar-refractivity contribution in [1.29, 1.82) is 5.26 Å². The van der Waals surface area contributed by atoms with Gasteiger partial charge in [0, 0.05) is 6.08 Å². The van der Waals surface area contributed by atoms with Crippen molar-refractivity contribution in [2.45, 2.75) is 0 Å². The van der Waals surface area contributed by atoms with E-state index in [9.17, 15) is 4.79 Å². The van der Waals surface area contributed by atoms with Crippen molar-refractivity contribution < 1.29 is 9.53 Å². The first-order valence-electron chi connectivity index (χ1n) is 4.23. The number of hydrogen-bond acceptors (Lipinski definition) is 4. The van der Waals surface area contributed by atoms with Gasteiger partial charge in [0.2, 0.25) is 0 Å². The fourth-order valence-corrected chi connectivity index (χ4v) is 1.14. The zero-order chi connectivity index (χ0) is 11.3. The van der Waals surface area contributed by atoms with Crippen molar-refractivity contribution in [2.75, 3.05) is 12.8 Å². The highest BCUT2D eigenvalue weighted by atomic mass is 16.5. The number of carbonyl (C=O) groups is 1.